The van der Waals surface area contributed by atoms with E-state index in [-0.39, 0.29) is 12.5 Å². The van der Waals surface area contributed by atoms with Gasteiger partial charge in [0.25, 0.3) is 0 Å². The van der Waals surface area contributed by atoms with Gasteiger partial charge in [0.2, 0.25) is 0 Å². The molecule has 0 fully saturated rings. The smallest absolute Gasteiger partial charge is 0.123 e. The van der Waals surface area contributed by atoms with Crippen molar-refractivity contribution in [1.29, 1.82) is 0 Å². The zero-order valence-corrected chi connectivity index (χ0v) is 4.02. The van der Waals surface area contributed by atoms with Crippen LogP contribution in [0.25, 0.3) is 0 Å². The minimum Gasteiger partial charge on any atom is -0.396 e. The van der Waals surface area contributed by atoms with Gasteiger partial charge in [0.1, 0.15) is 7.85 Å². The predicted molar refractivity (Wildman–Crippen MR) is 28.2 cm³/mol. The van der Waals surface area contributed by atoms with Gasteiger partial charge >= 0.3 is 0 Å². The zero-order valence-electron chi connectivity index (χ0n) is 4.02. The standard InChI is InChI=1S/C3H10BNO/c4-3(5)1-2-6/h3,6H,1-2,4-5H2. The topological polar surface area (TPSA) is 46.2 Å². The van der Waals surface area contributed by atoms with Gasteiger partial charge in [-0.3, -0.25) is 0 Å². The van der Waals surface area contributed by atoms with Gasteiger partial charge in [0, 0.05) is 6.61 Å². The van der Waals surface area contributed by atoms with Crippen LogP contribution in [0.5, 0.6) is 0 Å². The molecule has 0 aliphatic carbocycles. The number of hydrogen-bond acceptors (Lipinski definition) is 2. The van der Waals surface area contributed by atoms with Gasteiger partial charge in [-0.05, 0) is 12.4 Å². The number of aliphatic hydroxyl groups excluding tert-OH is 1. The van der Waals surface area contributed by atoms with Crippen LogP contribution in [-0.2, 0) is 0 Å². The van der Waals surface area contributed by atoms with Crippen LogP contribution < -0.4 is 5.73 Å². The Kier molecular flexibility index (Phi) is 3.18. The van der Waals surface area contributed by atoms with Crippen LogP contribution in [-0.4, -0.2) is 25.5 Å². The maximum Gasteiger partial charge on any atom is 0.123 e. The Labute approximate surface area is 38.8 Å². The Morgan fingerprint density at radius 2 is 2.33 bits per heavy atom. The van der Waals surface area contributed by atoms with Crippen LogP contribution in [0.3, 0.4) is 0 Å². The molecule has 0 rings (SSSR count). The molecule has 3 N–H and O–H groups in total. The number of nitrogens with two attached hydrogens (primary N) is 1. The summed E-state index contributed by atoms with van der Waals surface area (Å²) in [5, 5.41) is 8.16. The highest BCUT2D eigenvalue weighted by Crippen LogP contribution is 1.74. The SMILES string of the molecule is BC(N)CCO. The fraction of sp³-hybridized carbons (Fsp3) is 1.00. The Morgan fingerprint density at radius 3 is 2.33 bits per heavy atom. The van der Waals surface area contributed by atoms with Crippen molar-refractivity contribution in [1.82, 2.24) is 0 Å². The first-order valence-corrected chi connectivity index (χ1v) is 2.14. The first kappa shape index (κ1) is 5.98. The molecule has 2 nitrogen and oxygen atoms in total. The Bertz CT molecular complexity index is 32.0. The maximum absolute atomic E-state index is 8.16. The molecule has 1 unspecified atom stereocenters. The second-order valence-corrected chi connectivity index (χ2v) is 1.49. The normalized spacial score (nSPS) is 14.3. The molecule has 0 heterocycles. The molecule has 0 aromatic rings. The number of aliphatic hydroxyl groups is 1. The van der Waals surface area contributed by atoms with Crippen molar-refractivity contribution in [3.8, 4) is 0 Å². The summed E-state index contributed by atoms with van der Waals surface area (Å²) < 4.78 is 0. The molecular formula is C3H10BNO. The van der Waals surface area contributed by atoms with Crippen LogP contribution in [0.15, 0.2) is 0 Å². The molecule has 0 aromatic heterocycles. The van der Waals surface area contributed by atoms with E-state index < -0.39 is 0 Å². The van der Waals surface area contributed by atoms with Gasteiger partial charge in [-0.25, -0.2) is 0 Å². The highest BCUT2D eigenvalue weighted by atomic mass is 16.3. The van der Waals surface area contributed by atoms with Crippen molar-refractivity contribution < 1.29 is 5.11 Å². The Balaban J connectivity index is 2.63. The van der Waals surface area contributed by atoms with E-state index in [4.69, 9.17) is 10.8 Å². The van der Waals surface area contributed by atoms with Crippen molar-refractivity contribution in [3.05, 3.63) is 0 Å². The summed E-state index contributed by atoms with van der Waals surface area (Å²) in [6.45, 7) is 0.206. The van der Waals surface area contributed by atoms with E-state index in [1.54, 1.807) is 0 Å². The lowest BCUT2D eigenvalue weighted by molar-refractivity contribution is 0.287. The third-order valence-corrected chi connectivity index (χ3v) is 0.584. The summed E-state index contributed by atoms with van der Waals surface area (Å²) in [6.07, 6.45) is 0.708. The lowest BCUT2D eigenvalue weighted by Gasteiger charge is -1.96. The number of rotatable bonds is 2. The summed E-state index contributed by atoms with van der Waals surface area (Å²) >= 11 is 0. The van der Waals surface area contributed by atoms with Crippen molar-refractivity contribution in [2.75, 3.05) is 6.61 Å². The van der Waals surface area contributed by atoms with Crippen LogP contribution >= 0.6 is 0 Å². The molecule has 36 valence electrons. The molecule has 0 bridgehead atoms. The molecule has 0 aliphatic heterocycles. The Morgan fingerprint density at radius 1 is 1.83 bits per heavy atom. The summed E-state index contributed by atoms with van der Waals surface area (Å²) in [5.74, 6) is 0.148. The summed E-state index contributed by atoms with van der Waals surface area (Å²) in [4.78, 5) is 0. The summed E-state index contributed by atoms with van der Waals surface area (Å²) in [7, 11) is 1.87. The van der Waals surface area contributed by atoms with E-state index in [2.05, 4.69) is 0 Å². The van der Waals surface area contributed by atoms with E-state index in [1.807, 2.05) is 7.85 Å². The molecule has 0 aliphatic rings. The van der Waals surface area contributed by atoms with E-state index in [0.29, 0.717) is 6.42 Å². The second kappa shape index (κ2) is 3.19. The van der Waals surface area contributed by atoms with E-state index in [0.717, 1.165) is 0 Å². The molecule has 0 radical (unpaired) electrons. The van der Waals surface area contributed by atoms with Crippen molar-refractivity contribution in [3.63, 3.8) is 0 Å². The van der Waals surface area contributed by atoms with Crippen molar-refractivity contribution in [2.45, 2.75) is 12.4 Å². The highest BCUT2D eigenvalue weighted by Gasteiger charge is 1.87. The van der Waals surface area contributed by atoms with Gasteiger partial charge in [-0.2, -0.15) is 0 Å². The largest absolute Gasteiger partial charge is 0.396 e. The monoisotopic (exact) mass is 87.1 g/mol. The molecule has 0 saturated carbocycles. The third-order valence-electron chi connectivity index (χ3n) is 0.584. The first-order chi connectivity index (χ1) is 2.77. The van der Waals surface area contributed by atoms with Crippen LogP contribution in [0, 0.1) is 0 Å². The average molecular weight is 86.9 g/mol. The van der Waals surface area contributed by atoms with Crippen molar-refractivity contribution in [2.24, 2.45) is 5.73 Å². The quantitative estimate of drug-likeness (QED) is 0.394. The predicted octanol–water partition coefficient (Wildman–Crippen LogP) is -1.71. The minimum atomic E-state index is 0.148. The van der Waals surface area contributed by atoms with E-state index in [9.17, 15) is 0 Å². The third kappa shape index (κ3) is 3.98. The van der Waals surface area contributed by atoms with Crippen molar-refractivity contribution >= 4 is 7.85 Å². The van der Waals surface area contributed by atoms with Gasteiger partial charge in [-0.1, -0.05) is 0 Å². The molecule has 1 atom stereocenters. The van der Waals surface area contributed by atoms with Gasteiger partial charge in [0.15, 0.2) is 0 Å². The lowest BCUT2D eigenvalue weighted by Crippen LogP contribution is -2.20. The molecule has 0 saturated heterocycles. The van der Waals surface area contributed by atoms with Gasteiger partial charge in [-0.15, -0.1) is 0 Å². The van der Waals surface area contributed by atoms with E-state index >= 15 is 0 Å². The molecule has 0 spiro atoms. The maximum atomic E-state index is 8.16. The van der Waals surface area contributed by atoms with Crippen LogP contribution in [0.1, 0.15) is 6.42 Å². The molecule has 0 aromatic carbocycles. The molecule has 0 amide bonds. The lowest BCUT2D eigenvalue weighted by atomic mass is 9.95. The second-order valence-electron chi connectivity index (χ2n) is 1.49. The van der Waals surface area contributed by atoms with Crippen LogP contribution in [0.4, 0.5) is 0 Å². The zero-order chi connectivity index (χ0) is 4.99. The molecule has 6 heavy (non-hydrogen) atoms. The minimum absolute atomic E-state index is 0.148. The van der Waals surface area contributed by atoms with E-state index in [1.165, 1.54) is 0 Å². The average Bonchev–Trinajstić information content (AvgIpc) is 1.35. The fourth-order valence-corrected chi connectivity index (χ4v) is 0.204. The van der Waals surface area contributed by atoms with Crippen LogP contribution in [0.2, 0.25) is 0 Å². The van der Waals surface area contributed by atoms with Gasteiger partial charge < -0.3 is 10.8 Å². The fourth-order valence-electron chi connectivity index (χ4n) is 0.204. The Hall–Kier alpha value is -0.0151. The van der Waals surface area contributed by atoms with Gasteiger partial charge in [0.05, 0.1) is 0 Å². The highest BCUT2D eigenvalue weighted by molar-refractivity contribution is 6.11. The molecular weight excluding hydrogens is 76.9 g/mol. The number of hydrogen-bond donors (Lipinski definition) is 2. The molecule has 3 heteroatoms. The summed E-state index contributed by atoms with van der Waals surface area (Å²) in [5.41, 5.74) is 5.24. The first-order valence-electron chi connectivity index (χ1n) is 2.14. The summed E-state index contributed by atoms with van der Waals surface area (Å²) in [6, 6.07) is 0.